The number of hydrogen-bond acceptors (Lipinski definition) is 3. The number of halogens is 1. The van der Waals surface area contributed by atoms with Gasteiger partial charge < -0.3 is 0 Å². The fourth-order valence-electron chi connectivity index (χ4n) is 1.24. The first-order valence-corrected chi connectivity index (χ1v) is 4.33. The molecular formula is C6H9BrN4. The molecule has 0 spiro atoms. The van der Waals surface area contributed by atoms with E-state index in [1.807, 2.05) is 4.68 Å². The van der Waals surface area contributed by atoms with Crippen molar-refractivity contribution in [3.63, 3.8) is 0 Å². The van der Waals surface area contributed by atoms with Crippen LogP contribution in [0.2, 0.25) is 0 Å². The molecule has 2 rings (SSSR count). The summed E-state index contributed by atoms with van der Waals surface area (Å²) in [5.74, 6) is 0. The lowest BCUT2D eigenvalue weighted by Crippen LogP contribution is -2.30. The van der Waals surface area contributed by atoms with Gasteiger partial charge in [-0.25, -0.2) is 4.68 Å². The standard InChI is InChI=1S/C6H9BrN4/c1-10-2-3-11-5(4-10)6(7)8-9-11/h2-4H2,1H3. The zero-order valence-electron chi connectivity index (χ0n) is 6.29. The van der Waals surface area contributed by atoms with E-state index in [1.54, 1.807) is 0 Å². The SMILES string of the molecule is CN1CCn2nnc(Br)c2C1. The quantitative estimate of drug-likeness (QED) is 0.634. The van der Waals surface area contributed by atoms with Gasteiger partial charge in [0.1, 0.15) is 0 Å². The van der Waals surface area contributed by atoms with Crippen LogP contribution in [0.15, 0.2) is 4.60 Å². The maximum atomic E-state index is 3.98. The second-order valence-electron chi connectivity index (χ2n) is 2.79. The summed E-state index contributed by atoms with van der Waals surface area (Å²) >= 11 is 3.36. The van der Waals surface area contributed by atoms with Gasteiger partial charge in [0, 0.05) is 13.1 Å². The van der Waals surface area contributed by atoms with Crippen molar-refractivity contribution >= 4 is 15.9 Å². The first-order valence-electron chi connectivity index (χ1n) is 3.54. The van der Waals surface area contributed by atoms with Crippen molar-refractivity contribution < 1.29 is 0 Å². The molecule has 0 aliphatic carbocycles. The second-order valence-corrected chi connectivity index (χ2v) is 3.54. The van der Waals surface area contributed by atoms with E-state index in [2.05, 4.69) is 38.2 Å². The summed E-state index contributed by atoms with van der Waals surface area (Å²) in [4.78, 5) is 2.25. The molecule has 2 heterocycles. The Morgan fingerprint density at radius 2 is 2.27 bits per heavy atom. The number of hydrogen-bond donors (Lipinski definition) is 0. The van der Waals surface area contributed by atoms with Crippen LogP contribution in [0.25, 0.3) is 0 Å². The molecule has 0 aromatic carbocycles. The molecule has 0 atom stereocenters. The van der Waals surface area contributed by atoms with Crippen LogP contribution in [0, 0.1) is 0 Å². The smallest absolute Gasteiger partial charge is 0.152 e. The zero-order chi connectivity index (χ0) is 7.84. The van der Waals surface area contributed by atoms with Gasteiger partial charge in [0.05, 0.1) is 12.2 Å². The topological polar surface area (TPSA) is 34.0 Å². The van der Waals surface area contributed by atoms with Crippen molar-refractivity contribution in [3.8, 4) is 0 Å². The van der Waals surface area contributed by atoms with Crippen LogP contribution >= 0.6 is 15.9 Å². The third-order valence-electron chi connectivity index (χ3n) is 1.90. The molecule has 0 radical (unpaired) electrons. The third kappa shape index (κ3) is 1.18. The average molecular weight is 217 g/mol. The minimum Gasteiger partial charge on any atom is -0.299 e. The van der Waals surface area contributed by atoms with Crippen molar-refractivity contribution in [2.45, 2.75) is 13.1 Å². The van der Waals surface area contributed by atoms with Gasteiger partial charge >= 0.3 is 0 Å². The molecule has 0 amide bonds. The van der Waals surface area contributed by atoms with Crippen LogP contribution in [-0.2, 0) is 13.1 Å². The van der Waals surface area contributed by atoms with Crippen LogP contribution in [0.4, 0.5) is 0 Å². The molecule has 0 saturated carbocycles. The summed E-state index contributed by atoms with van der Waals surface area (Å²) in [5.41, 5.74) is 1.18. The largest absolute Gasteiger partial charge is 0.299 e. The van der Waals surface area contributed by atoms with Gasteiger partial charge in [-0.2, -0.15) is 0 Å². The highest BCUT2D eigenvalue weighted by Crippen LogP contribution is 2.17. The lowest BCUT2D eigenvalue weighted by Gasteiger charge is -2.22. The minimum atomic E-state index is 0.879. The van der Waals surface area contributed by atoms with E-state index >= 15 is 0 Å². The highest BCUT2D eigenvalue weighted by molar-refractivity contribution is 9.10. The summed E-state index contributed by atoms with van der Waals surface area (Å²) < 4.78 is 2.83. The Balaban J connectivity index is 2.37. The summed E-state index contributed by atoms with van der Waals surface area (Å²) in [6.45, 7) is 2.95. The molecule has 1 aromatic heterocycles. The van der Waals surface area contributed by atoms with E-state index < -0.39 is 0 Å². The van der Waals surface area contributed by atoms with Crippen molar-refractivity contribution in [3.05, 3.63) is 10.3 Å². The Kier molecular flexibility index (Phi) is 1.69. The molecule has 1 aliphatic heterocycles. The summed E-state index contributed by atoms with van der Waals surface area (Å²) in [6.07, 6.45) is 0. The van der Waals surface area contributed by atoms with Gasteiger partial charge in [0.2, 0.25) is 0 Å². The average Bonchev–Trinajstić information content (AvgIpc) is 2.33. The van der Waals surface area contributed by atoms with Gasteiger partial charge in [-0.1, -0.05) is 5.21 Å². The molecule has 1 aromatic rings. The molecule has 0 fully saturated rings. The molecule has 60 valence electrons. The molecule has 11 heavy (non-hydrogen) atoms. The zero-order valence-corrected chi connectivity index (χ0v) is 7.87. The van der Waals surface area contributed by atoms with E-state index in [1.165, 1.54) is 5.69 Å². The first kappa shape index (κ1) is 7.24. The molecule has 0 unspecified atom stereocenters. The molecular weight excluding hydrogens is 208 g/mol. The maximum Gasteiger partial charge on any atom is 0.152 e. The molecule has 0 bridgehead atoms. The highest BCUT2D eigenvalue weighted by Gasteiger charge is 2.17. The van der Waals surface area contributed by atoms with Crippen LogP contribution < -0.4 is 0 Å². The Bertz CT molecular complexity index is 270. The first-order chi connectivity index (χ1) is 5.27. The van der Waals surface area contributed by atoms with E-state index in [4.69, 9.17) is 0 Å². The second kappa shape index (κ2) is 2.57. The van der Waals surface area contributed by atoms with Crippen LogP contribution in [0.1, 0.15) is 5.69 Å². The van der Waals surface area contributed by atoms with E-state index in [9.17, 15) is 0 Å². The molecule has 1 aliphatic rings. The van der Waals surface area contributed by atoms with Crippen molar-refractivity contribution in [2.75, 3.05) is 13.6 Å². The number of fused-ring (bicyclic) bond motifs is 1. The van der Waals surface area contributed by atoms with Crippen LogP contribution in [0.3, 0.4) is 0 Å². The fraction of sp³-hybridized carbons (Fsp3) is 0.667. The monoisotopic (exact) mass is 216 g/mol. The normalized spacial score (nSPS) is 18.4. The van der Waals surface area contributed by atoms with Gasteiger partial charge in [-0.15, -0.1) is 5.10 Å². The molecule has 4 nitrogen and oxygen atoms in total. The lowest BCUT2D eigenvalue weighted by atomic mass is 10.3. The third-order valence-corrected chi connectivity index (χ3v) is 2.52. The predicted octanol–water partition coefficient (Wildman–Crippen LogP) is 0.486. The highest BCUT2D eigenvalue weighted by atomic mass is 79.9. The van der Waals surface area contributed by atoms with Gasteiger partial charge in [-0.3, -0.25) is 4.90 Å². The summed E-state index contributed by atoms with van der Waals surface area (Å²) in [7, 11) is 2.10. The summed E-state index contributed by atoms with van der Waals surface area (Å²) in [5, 5.41) is 7.92. The van der Waals surface area contributed by atoms with Crippen LogP contribution in [0.5, 0.6) is 0 Å². The number of rotatable bonds is 0. The lowest BCUT2D eigenvalue weighted by molar-refractivity contribution is 0.257. The van der Waals surface area contributed by atoms with Crippen molar-refractivity contribution in [1.29, 1.82) is 0 Å². The molecule has 5 heteroatoms. The fourth-order valence-corrected chi connectivity index (χ4v) is 1.64. The minimum absolute atomic E-state index is 0.879. The van der Waals surface area contributed by atoms with Gasteiger partial charge in [0.25, 0.3) is 0 Å². The maximum absolute atomic E-state index is 3.98. The Hall–Kier alpha value is -0.420. The molecule has 0 N–H and O–H groups in total. The number of likely N-dealkylation sites (N-methyl/N-ethyl adjacent to an activating group) is 1. The van der Waals surface area contributed by atoms with Crippen LogP contribution in [-0.4, -0.2) is 33.5 Å². The van der Waals surface area contributed by atoms with Crippen molar-refractivity contribution in [2.24, 2.45) is 0 Å². The number of nitrogens with zero attached hydrogens (tertiary/aromatic N) is 4. The van der Waals surface area contributed by atoms with Gasteiger partial charge in [-0.05, 0) is 23.0 Å². The van der Waals surface area contributed by atoms with E-state index in [0.717, 1.165) is 24.2 Å². The van der Waals surface area contributed by atoms with Crippen molar-refractivity contribution in [1.82, 2.24) is 19.9 Å². The Morgan fingerprint density at radius 1 is 1.45 bits per heavy atom. The van der Waals surface area contributed by atoms with Gasteiger partial charge in [0.15, 0.2) is 4.60 Å². The predicted molar refractivity (Wildman–Crippen MR) is 44.1 cm³/mol. The number of aromatic nitrogens is 3. The summed E-state index contributed by atoms with van der Waals surface area (Å²) in [6, 6.07) is 0. The Labute approximate surface area is 73.3 Å². The molecule has 0 saturated heterocycles. The van der Waals surface area contributed by atoms with E-state index in [-0.39, 0.29) is 0 Å². The van der Waals surface area contributed by atoms with E-state index in [0.29, 0.717) is 0 Å². The Morgan fingerprint density at radius 3 is 3.09 bits per heavy atom.